The van der Waals surface area contributed by atoms with Crippen molar-refractivity contribution in [2.45, 2.75) is 13.5 Å². The van der Waals surface area contributed by atoms with Crippen molar-refractivity contribution in [3.8, 4) is 0 Å². The Bertz CT molecular complexity index is 1590. The molecule has 10 nitrogen and oxygen atoms in total. The number of hydrogen-bond acceptors (Lipinski definition) is 8. The van der Waals surface area contributed by atoms with Crippen LogP contribution in [0.4, 0.5) is 10.1 Å². The number of halogens is 1. The molecule has 0 saturated carbocycles. The highest BCUT2D eigenvalue weighted by Gasteiger charge is 2.32. The number of carbonyl (C=O) groups excluding carboxylic acids is 3. The Morgan fingerprint density at radius 2 is 1.79 bits per heavy atom. The van der Waals surface area contributed by atoms with E-state index in [1.807, 2.05) is 0 Å². The molecular formula is C28H25FN4O6. The number of piperazine rings is 1. The Hall–Kier alpha value is -4.80. The Balaban J connectivity index is 1.59. The number of Topliss-reactive ketones (excluding diaryl/α,β-unsaturated/α-hetero) is 1. The number of ketones is 1. The van der Waals surface area contributed by atoms with Crippen LogP contribution >= 0.6 is 0 Å². The third-order valence-corrected chi connectivity index (χ3v) is 6.53. The molecule has 0 unspecified atom stereocenters. The van der Waals surface area contributed by atoms with E-state index in [-0.39, 0.29) is 72.5 Å². The van der Waals surface area contributed by atoms with Crippen molar-refractivity contribution >= 4 is 34.4 Å². The van der Waals surface area contributed by atoms with Crippen LogP contribution in [0.15, 0.2) is 70.2 Å². The zero-order chi connectivity index (χ0) is 27.5. The number of aromatic nitrogens is 2. The molecule has 3 aromatic heterocycles. The molecule has 1 fully saturated rings. The Morgan fingerprint density at radius 1 is 1.05 bits per heavy atom. The van der Waals surface area contributed by atoms with Gasteiger partial charge >= 0.3 is 5.97 Å². The van der Waals surface area contributed by atoms with Gasteiger partial charge in [0.05, 0.1) is 31.3 Å². The van der Waals surface area contributed by atoms with Crippen molar-refractivity contribution in [2.24, 2.45) is 0 Å². The number of amides is 1. The first-order valence-corrected chi connectivity index (χ1v) is 12.4. The lowest BCUT2D eigenvalue weighted by Gasteiger charge is -2.37. The summed E-state index contributed by atoms with van der Waals surface area (Å²) in [4.78, 5) is 60.2. The molecule has 1 saturated heterocycles. The molecule has 1 aliphatic heterocycles. The van der Waals surface area contributed by atoms with E-state index < -0.39 is 23.9 Å². The van der Waals surface area contributed by atoms with Crippen LogP contribution in [-0.2, 0) is 11.3 Å². The molecule has 0 spiro atoms. The normalized spacial score (nSPS) is 13.5. The Kier molecular flexibility index (Phi) is 7.22. The highest BCUT2D eigenvalue weighted by molar-refractivity contribution is 6.05. The summed E-state index contributed by atoms with van der Waals surface area (Å²) >= 11 is 0. The largest absolute Gasteiger partial charge is 0.462 e. The van der Waals surface area contributed by atoms with Gasteiger partial charge in [-0.15, -0.1) is 0 Å². The summed E-state index contributed by atoms with van der Waals surface area (Å²) < 4.78 is 26.0. The minimum absolute atomic E-state index is 0.00548. The molecule has 0 N–H and O–H groups in total. The maximum absolute atomic E-state index is 14.5. The topological polar surface area (TPSA) is 115 Å². The maximum atomic E-state index is 14.5. The fourth-order valence-electron chi connectivity index (χ4n) is 4.70. The maximum Gasteiger partial charge on any atom is 0.345 e. The summed E-state index contributed by atoms with van der Waals surface area (Å²) in [5.74, 6) is -2.02. The second kappa shape index (κ2) is 10.9. The summed E-state index contributed by atoms with van der Waals surface area (Å²) in [6.07, 6.45) is 2.37. The van der Waals surface area contributed by atoms with Gasteiger partial charge in [0.15, 0.2) is 11.5 Å². The van der Waals surface area contributed by atoms with Gasteiger partial charge in [-0.05, 0) is 25.1 Å². The number of furan rings is 1. The van der Waals surface area contributed by atoms with E-state index in [1.165, 1.54) is 12.3 Å². The first-order valence-electron chi connectivity index (χ1n) is 12.4. The van der Waals surface area contributed by atoms with Crippen LogP contribution in [0.5, 0.6) is 0 Å². The first-order chi connectivity index (χ1) is 18.9. The molecule has 0 atom stereocenters. The first kappa shape index (κ1) is 25.8. The number of esters is 1. The lowest BCUT2D eigenvalue weighted by Crippen LogP contribution is -2.49. The summed E-state index contributed by atoms with van der Waals surface area (Å²) in [6.45, 7) is 2.23. The number of anilines is 1. The van der Waals surface area contributed by atoms with E-state index >= 15 is 0 Å². The minimum Gasteiger partial charge on any atom is -0.462 e. The SMILES string of the molecule is CCOC(=O)c1c(N2CCN(C(=O)c3ccco3)CC2)c2cc(F)cnc2n(CC(=O)c2ccccc2)c1=O. The molecule has 4 heterocycles. The van der Waals surface area contributed by atoms with Crippen LogP contribution in [0, 0.1) is 5.82 Å². The van der Waals surface area contributed by atoms with Crippen LogP contribution in [-0.4, -0.2) is 64.9 Å². The van der Waals surface area contributed by atoms with Crippen molar-refractivity contribution in [3.63, 3.8) is 0 Å². The monoisotopic (exact) mass is 532 g/mol. The molecule has 1 aromatic carbocycles. The van der Waals surface area contributed by atoms with Crippen LogP contribution in [0.2, 0.25) is 0 Å². The number of ether oxygens (including phenoxy) is 1. The number of fused-ring (bicyclic) bond motifs is 1. The van der Waals surface area contributed by atoms with Crippen molar-refractivity contribution in [2.75, 3.05) is 37.7 Å². The van der Waals surface area contributed by atoms with Gasteiger partial charge in [-0.3, -0.25) is 19.0 Å². The van der Waals surface area contributed by atoms with E-state index in [4.69, 9.17) is 9.15 Å². The van der Waals surface area contributed by atoms with Gasteiger partial charge in [-0.25, -0.2) is 14.2 Å². The molecule has 39 heavy (non-hydrogen) atoms. The van der Waals surface area contributed by atoms with Crippen molar-refractivity contribution in [1.82, 2.24) is 14.5 Å². The van der Waals surface area contributed by atoms with Gasteiger partial charge in [0.2, 0.25) is 0 Å². The van der Waals surface area contributed by atoms with Crippen LogP contribution in [0.25, 0.3) is 11.0 Å². The fourth-order valence-corrected chi connectivity index (χ4v) is 4.70. The van der Waals surface area contributed by atoms with Gasteiger partial charge in [0.1, 0.15) is 17.0 Å². The number of benzene rings is 1. The summed E-state index contributed by atoms with van der Waals surface area (Å²) in [5.41, 5.74) is -0.493. The van der Waals surface area contributed by atoms with Gasteiger partial charge in [-0.2, -0.15) is 0 Å². The van der Waals surface area contributed by atoms with Gasteiger partial charge in [0.25, 0.3) is 11.5 Å². The van der Waals surface area contributed by atoms with Crippen LogP contribution in [0.1, 0.15) is 38.2 Å². The predicted octanol–water partition coefficient (Wildman–Crippen LogP) is 3.15. The lowest BCUT2D eigenvalue weighted by atomic mass is 10.1. The number of pyridine rings is 2. The molecule has 1 amide bonds. The summed E-state index contributed by atoms with van der Waals surface area (Å²) in [5, 5.41) is 0.185. The fraction of sp³-hybridized carbons (Fsp3) is 0.250. The standard InChI is InChI=1S/C28H25FN4O6/c1-2-38-28(37)23-24(31-10-12-32(13-11-31)26(35)22-9-6-14-39-22)20-15-19(29)16-30-25(20)33(27(23)36)17-21(34)18-7-4-3-5-8-18/h3-9,14-16H,2,10-13,17H2,1H3. The zero-order valence-corrected chi connectivity index (χ0v) is 21.1. The molecule has 11 heteroatoms. The second-order valence-corrected chi connectivity index (χ2v) is 8.91. The van der Waals surface area contributed by atoms with Gasteiger partial charge in [-0.1, -0.05) is 30.3 Å². The molecule has 4 aromatic rings. The van der Waals surface area contributed by atoms with Crippen molar-refractivity contribution < 1.29 is 27.9 Å². The van der Waals surface area contributed by atoms with Crippen LogP contribution < -0.4 is 10.5 Å². The number of rotatable bonds is 7. The number of carbonyl (C=O) groups is 3. The zero-order valence-electron chi connectivity index (χ0n) is 21.1. The molecule has 5 rings (SSSR count). The second-order valence-electron chi connectivity index (χ2n) is 8.91. The van der Waals surface area contributed by atoms with E-state index in [2.05, 4.69) is 4.98 Å². The molecule has 1 aliphatic rings. The summed E-state index contributed by atoms with van der Waals surface area (Å²) in [6, 6.07) is 12.8. The van der Waals surface area contributed by atoms with Gasteiger partial charge < -0.3 is 19.0 Å². The molecule has 0 aliphatic carbocycles. The molecule has 200 valence electrons. The van der Waals surface area contributed by atoms with E-state index in [0.717, 1.165) is 10.8 Å². The number of nitrogens with zero attached hydrogens (tertiary/aromatic N) is 4. The molecular weight excluding hydrogens is 507 g/mol. The van der Waals surface area contributed by atoms with Crippen LogP contribution in [0.3, 0.4) is 0 Å². The van der Waals surface area contributed by atoms with Crippen molar-refractivity contribution in [3.05, 3.63) is 94.0 Å². The lowest BCUT2D eigenvalue weighted by molar-refractivity contribution is 0.0522. The van der Waals surface area contributed by atoms with E-state index in [1.54, 1.807) is 59.2 Å². The average Bonchev–Trinajstić information content (AvgIpc) is 3.49. The highest BCUT2D eigenvalue weighted by atomic mass is 19.1. The summed E-state index contributed by atoms with van der Waals surface area (Å²) in [7, 11) is 0. The molecule has 0 bridgehead atoms. The average molecular weight is 533 g/mol. The minimum atomic E-state index is -0.890. The Morgan fingerprint density at radius 3 is 2.46 bits per heavy atom. The quantitative estimate of drug-likeness (QED) is 0.263. The third kappa shape index (κ3) is 5.02. The highest BCUT2D eigenvalue weighted by Crippen LogP contribution is 2.30. The van der Waals surface area contributed by atoms with Crippen molar-refractivity contribution in [1.29, 1.82) is 0 Å². The predicted molar refractivity (Wildman–Crippen MR) is 140 cm³/mol. The Labute approximate surface area is 222 Å². The third-order valence-electron chi connectivity index (χ3n) is 6.53. The number of hydrogen-bond donors (Lipinski definition) is 0. The smallest absolute Gasteiger partial charge is 0.345 e. The van der Waals surface area contributed by atoms with E-state index in [0.29, 0.717) is 5.56 Å². The van der Waals surface area contributed by atoms with Gasteiger partial charge in [0, 0.05) is 37.1 Å². The van der Waals surface area contributed by atoms with E-state index in [9.17, 15) is 23.6 Å². The molecule has 0 radical (unpaired) electrons.